The van der Waals surface area contributed by atoms with Gasteiger partial charge in [0, 0.05) is 17.1 Å². The highest BCUT2D eigenvalue weighted by atomic mass is 32.1. The maximum absolute atomic E-state index is 12.1. The minimum absolute atomic E-state index is 0.137. The molecule has 0 spiro atoms. The first-order chi connectivity index (χ1) is 11.3. The molecule has 3 rings (SSSR count). The molecule has 0 bridgehead atoms. The van der Waals surface area contributed by atoms with E-state index < -0.39 is 0 Å². The molecule has 0 fully saturated rings. The number of hydrogen-bond donors (Lipinski definition) is 1. The minimum Gasteiger partial charge on any atom is -0.487 e. The SMILES string of the molecule is O=C(NCc1ccccn1)c1ccc(OCc2cscn2)cc1. The Morgan fingerprint density at radius 3 is 2.65 bits per heavy atom. The molecule has 116 valence electrons. The molecule has 6 heteroatoms. The van der Waals surface area contributed by atoms with Gasteiger partial charge in [0.05, 0.1) is 23.4 Å². The molecule has 1 amide bonds. The lowest BCUT2D eigenvalue weighted by Crippen LogP contribution is -2.23. The van der Waals surface area contributed by atoms with Gasteiger partial charge < -0.3 is 10.1 Å². The van der Waals surface area contributed by atoms with Gasteiger partial charge in [0.15, 0.2) is 0 Å². The molecule has 23 heavy (non-hydrogen) atoms. The van der Waals surface area contributed by atoms with E-state index in [1.165, 1.54) is 11.3 Å². The fourth-order valence-electron chi connectivity index (χ4n) is 1.94. The van der Waals surface area contributed by atoms with Gasteiger partial charge in [-0.05, 0) is 36.4 Å². The second-order valence-corrected chi connectivity index (χ2v) is 5.52. The van der Waals surface area contributed by atoms with Crippen LogP contribution >= 0.6 is 11.3 Å². The topological polar surface area (TPSA) is 64.1 Å². The Balaban J connectivity index is 1.53. The van der Waals surface area contributed by atoms with Crippen molar-refractivity contribution in [2.45, 2.75) is 13.2 Å². The number of carbonyl (C=O) groups is 1. The Hall–Kier alpha value is -2.73. The smallest absolute Gasteiger partial charge is 0.251 e. The first-order valence-electron chi connectivity index (χ1n) is 7.09. The van der Waals surface area contributed by atoms with Gasteiger partial charge in [-0.1, -0.05) is 6.07 Å². The molecule has 3 aromatic rings. The number of benzene rings is 1. The zero-order chi connectivity index (χ0) is 15.9. The molecule has 0 atom stereocenters. The van der Waals surface area contributed by atoms with Crippen LogP contribution in [0.25, 0.3) is 0 Å². The Morgan fingerprint density at radius 1 is 1.09 bits per heavy atom. The monoisotopic (exact) mass is 325 g/mol. The van der Waals surface area contributed by atoms with Crippen LogP contribution in [0.15, 0.2) is 59.6 Å². The summed E-state index contributed by atoms with van der Waals surface area (Å²) in [7, 11) is 0. The van der Waals surface area contributed by atoms with Crippen molar-refractivity contribution >= 4 is 17.2 Å². The maximum Gasteiger partial charge on any atom is 0.251 e. The zero-order valence-electron chi connectivity index (χ0n) is 12.3. The largest absolute Gasteiger partial charge is 0.487 e. The maximum atomic E-state index is 12.1. The van der Waals surface area contributed by atoms with E-state index in [2.05, 4.69) is 15.3 Å². The van der Waals surface area contributed by atoms with Crippen molar-refractivity contribution in [2.24, 2.45) is 0 Å². The van der Waals surface area contributed by atoms with E-state index in [9.17, 15) is 4.79 Å². The highest BCUT2D eigenvalue weighted by Crippen LogP contribution is 2.14. The molecule has 2 heterocycles. The summed E-state index contributed by atoms with van der Waals surface area (Å²) in [6.07, 6.45) is 1.70. The van der Waals surface area contributed by atoms with Crippen LogP contribution in [0.2, 0.25) is 0 Å². The number of pyridine rings is 1. The number of ether oxygens (including phenoxy) is 1. The first kappa shape index (κ1) is 15.2. The Kier molecular flexibility index (Phi) is 4.95. The van der Waals surface area contributed by atoms with Gasteiger partial charge in [-0.2, -0.15) is 0 Å². The van der Waals surface area contributed by atoms with E-state index in [1.807, 2.05) is 23.6 Å². The number of thiazole rings is 1. The fraction of sp³-hybridized carbons (Fsp3) is 0.118. The predicted octanol–water partition coefficient (Wildman–Crippen LogP) is 3.05. The fourth-order valence-corrected chi connectivity index (χ4v) is 2.49. The van der Waals surface area contributed by atoms with E-state index in [0.29, 0.717) is 24.5 Å². The van der Waals surface area contributed by atoms with Crippen molar-refractivity contribution in [1.82, 2.24) is 15.3 Å². The normalized spacial score (nSPS) is 10.3. The standard InChI is InChI=1S/C17H15N3O2S/c21-17(19-9-14-3-1-2-8-18-14)13-4-6-16(7-5-13)22-10-15-11-23-12-20-15/h1-8,11-12H,9-10H2,(H,19,21). The third kappa shape index (κ3) is 4.37. The van der Waals surface area contributed by atoms with Gasteiger partial charge >= 0.3 is 0 Å². The lowest BCUT2D eigenvalue weighted by atomic mass is 10.2. The summed E-state index contributed by atoms with van der Waals surface area (Å²) in [6, 6.07) is 12.6. The number of amides is 1. The summed E-state index contributed by atoms with van der Waals surface area (Å²) in [5.41, 5.74) is 4.08. The zero-order valence-corrected chi connectivity index (χ0v) is 13.1. The molecule has 0 radical (unpaired) electrons. The molecule has 1 N–H and O–H groups in total. The number of nitrogens with one attached hydrogen (secondary N) is 1. The Labute approximate surface area is 138 Å². The molecule has 0 saturated carbocycles. The van der Waals surface area contributed by atoms with Gasteiger partial charge in [0.25, 0.3) is 5.91 Å². The average molecular weight is 325 g/mol. The summed E-state index contributed by atoms with van der Waals surface area (Å²) in [5.74, 6) is 0.570. The average Bonchev–Trinajstić information content (AvgIpc) is 3.13. The molecule has 1 aromatic carbocycles. The van der Waals surface area contributed by atoms with Crippen LogP contribution in [0.4, 0.5) is 0 Å². The molecule has 0 unspecified atom stereocenters. The summed E-state index contributed by atoms with van der Waals surface area (Å²) >= 11 is 1.54. The van der Waals surface area contributed by atoms with Crippen LogP contribution in [0.1, 0.15) is 21.7 Å². The van der Waals surface area contributed by atoms with E-state index in [-0.39, 0.29) is 5.91 Å². The van der Waals surface area contributed by atoms with Crippen LogP contribution in [0, 0.1) is 0 Å². The van der Waals surface area contributed by atoms with E-state index in [0.717, 1.165) is 11.4 Å². The number of rotatable bonds is 6. The third-order valence-corrected chi connectivity index (χ3v) is 3.78. The second-order valence-electron chi connectivity index (χ2n) is 4.80. The van der Waals surface area contributed by atoms with Crippen molar-refractivity contribution < 1.29 is 9.53 Å². The van der Waals surface area contributed by atoms with E-state index >= 15 is 0 Å². The third-order valence-electron chi connectivity index (χ3n) is 3.14. The highest BCUT2D eigenvalue weighted by molar-refractivity contribution is 7.07. The minimum atomic E-state index is -0.137. The first-order valence-corrected chi connectivity index (χ1v) is 8.03. The molecule has 0 saturated heterocycles. The molecule has 2 aromatic heterocycles. The summed E-state index contributed by atoms with van der Waals surface area (Å²) in [5, 5.41) is 4.78. The van der Waals surface area contributed by atoms with E-state index in [1.54, 1.807) is 36.0 Å². The molecule has 0 aliphatic heterocycles. The number of aromatic nitrogens is 2. The number of hydrogen-bond acceptors (Lipinski definition) is 5. The number of nitrogens with zero attached hydrogens (tertiary/aromatic N) is 2. The highest BCUT2D eigenvalue weighted by Gasteiger charge is 2.06. The lowest BCUT2D eigenvalue weighted by molar-refractivity contribution is 0.0950. The van der Waals surface area contributed by atoms with Gasteiger partial charge in [0.1, 0.15) is 12.4 Å². The van der Waals surface area contributed by atoms with Crippen molar-refractivity contribution in [3.8, 4) is 5.75 Å². The molecular weight excluding hydrogens is 310 g/mol. The van der Waals surface area contributed by atoms with Crippen LogP contribution in [-0.4, -0.2) is 15.9 Å². The van der Waals surface area contributed by atoms with Crippen molar-refractivity contribution in [3.05, 3.63) is 76.5 Å². The molecular formula is C17H15N3O2S. The van der Waals surface area contributed by atoms with Crippen molar-refractivity contribution in [1.29, 1.82) is 0 Å². The lowest BCUT2D eigenvalue weighted by Gasteiger charge is -2.07. The van der Waals surface area contributed by atoms with Crippen LogP contribution in [-0.2, 0) is 13.2 Å². The van der Waals surface area contributed by atoms with Crippen molar-refractivity contribution in [3.63, 3.8) is 0 Å². The summed E-state index contributed by atoms with van der Waals surface area (Å²) in [6.45, 7) is 0.830. The van der Waals surface area contributed by atoms with Gasteiger partial charge in [-0.3, -0.25) is 9.78 Å². The Morgan fingerprint density at radius 2 is 1.96 bits per heavy atom. The van der Waals surface area contributed by atoms with Gasteiger partial charge in [-0.15, -0.1) is 11.3 Å². The van der Waals surface area contributed by atoms with Gasteiger partial charge in [-0.25, -0.2) is 4.98 Å². The summed E-state index contributed by atoms with van der Waals surface area (Å²) in [4.78, 5) is 20.4. The predicted molar refractivity (Wildman–Crippen MR) is 88.3 cm³/mol. The number of carbonyl (C=O) groups excluding carboxylic acids is 1. The molecule has 5 nitrogen and oxygen atoms in total. The van der Waals surface area contributed by atoms with Crippen LogP contribution < -0.4 is 10.1 Å². The quantitative estimate of drug-likeness (QED) is 0.756. The van der Waals surface area contributed by atoms with Gasteiger partial charge in [0.2, 0.25) is 0 Å². The molecule has 0 aliphatic carbocycles. The molecule has 0 aliphatic rings. The van der Waals surface area contributed by atoms with Crippen LogP contribution in [0.5, 0.6) is 5.75 Å². The van der Waals surface area contributed by atoms with E-state index in [4.69, 9.17) is 4.74 Å². The summed E-state index contributed by atoms with van der Waals surface area (Å²) < 4.78 is 5.62. The Bertz CT molecular complexity index is 743. The second kappa shape index (κ2) is 7.51. The van der Waals surface area contributed by atoms with Crippen LogP contribution in [0.3, 0.4) is 0 Å². The van der Waals surface area contributed by atoms with Crippen molar-refractivity contribution in [2.75, 3.05) is 0 Å².